The lowest BCUT2D eigenvalue weighted by atomic mass is 10.3. The van der Waals surface area contributed by atoms with Crippen molar-refractivity contribution < 1.29 is 64.9 Å². The third-order valence-corrected chi connectivity index (χ3v) is 8.45. The van der Waals surface area contributed by atoms with Crippen molar-refractivity contribution in [3.05, 3.63) is 6.07 Å². The highest BCUT2D eigenvalue weighted by Gasteiger charge is 2.41. The molecule has 1 aromatic rings. The van der Waals surface area contributed by atoms with Crippen LogP contribution in [0.25, 0.3) is 0 Å². The van der Waals surface area contributed by atoms with Crippen LogP contribution in [0, 0.1) is 0 Å². The van der Waals surface area contributed by atoms with Crippen molar-refractivity contribution in [3.8, 4) is 0 Å². The maximum atomic E-state index is 11.5. The van der Waals surface area contributed by atoms with Gasteiger partial charge in [-0.25, -0.2) is 0 Å². The Labute approximate surface area is 155 Å². The fourth-order valence-corrected chi connectivity index (χ4v) is 8.67. The van der Waals surface area contributed by atoms with E-state index < -0.39 is 84.9 Å². The highest BCUT2D eigenvalue weighted by molar-refractivity contribution is 8.70. The fourth-order valence-electron chi connectivity index (χ4n) is 1.67. The molecule has 0 saturated heterocycles. The normalized spacial score (nSPS) is 14.3. The molecule has 156 valence electrons. The van der Waals surface area contributed by atoms with Crippen molar-refractivity contribution in [3.63, 3.8) is 0 Å². The molecule has 0 fully saturated rings. The van der Waals surface area contributed by atoms with Crippen LogP contribution in [-0.2, 0) is 49.6 Å². The average Bonchev–Trinajstić information content (AvgIpc) is 2.29. The van der Waals surface area contributed by atoms with Crippen molar-refractivity contribution >= 4 is 60.4 Å². The first-order valence-corrected chi connectivity index (χ1v) is 13.9. The lowest BCUT2D eigenvalue weighted by Crippen LogP contribution is -2.19. The highest BCUT2D eigenvalue weighted by Crippen LogP contribution is 2.41. The third-order valence-electron chi connectivity index (χ3n) is 2.37. The molecule has 27 heavy (non-hydrogen) atoms. The largest absolute Gasteiger partial charge is 0.324 e. The van der Waals surface area contributed by atoms with Crippen LogP contribution in [-0.4, -0.2) is 64.9 Å². The van der Waals surface area contributed by atoms with E-state index in [0.29, 0.717) is 0 Å². The van der Waals surface area contributed by atoms with Gasteiger partial charge in [-0.15, -0.1) is 0 Å². The van der Waals surface area contributed by atoms with E-state index in [2.05, 4.69) is 0 Å². The number of benzene rings is 1. The fraction of sp³-hybridized carbons (Fsp3) is 0. The molecule has 0 unspecified atom stereocenters. The number of rotatable bonds is 6. The van der Waals surface area contributed by atoms with Gasteiger partial charge in [-0.3, -0.25) is 22.8 Å². The van der Waals surface area contributed by atoms with Crippen LogP contribution in [0.5, 0.6) is 0 Å². The Hall–Kier alpha value is -0.880. The summed E-state index contributed by atoms with van der Waals surface area (Å²) in [5.41, 5.74) is 0. The second kappa shape index (κ2) is 6.87. The molecule has 0 atom stereocenters. The Morgan fingerprint density at radius 3 is 1.19 bits per heavy atom. The number of hydrogen-bond donors (Lipinski definition) is 5. The Morgan fingerprint density at radius 2 is 0.926 bits per heavy atom. The van der Waals surface area contributed by atoms with Gasteiger partial charge >= 0.3 is 9.15 Å². The molecule has 0 bridgehead atoms. The van der Waals surface area contributed by atoms with Gasteiger partial charge in [0.05, 0.1) is 0 Å². The zero-order valence-corrected chi connectivity index (χ0v) is 16.7. The summed E-state index contributed by atoms with van der Waals surface area (Å²) in [6.45, 7) is 0. The van der Waals surface area contributed by atoms with Crippen LogP contribution >= 0.6 is 10.8 Å². The van der Waals surface area contributed by atoms with Gasteiger partial charge in [-0.05, 0) is 6.07 Å². The molecule has 21 heteroatoms. The van der Waals surface area contributed by atoms with Crippen LogP contribution in [0.3, 0.4) is 0 Å². The van der Waals surface area contributed by atoms with Crippen molar-refractivity contribution in [1.82, 2.24) is 0 Å². The molecule has 0 aliphatic rings. The Bertz CT molecular complexity index is 1330. The van der Waals surface area contributed by atoms with Gasteiger partial charge in [0.15, 0.2) is 0 Å². The maximum Gasteiger partial charge on any atom is 0.324 e. The van der Waals surface area contributed by atoms with E-state index in [-0.39, 0.29) is 6.07 Å². The van der Waals surface area contributed by atoms with Gasteiger partial charge in [-0.1, -0.05) is 0 Å². The SMILES string of the molecule is O=S(=O)(O)Sc1cc(S(=O)(=O)O)c(S(=O)(=O)O)c(S(=O)(=O)O)c1S(=O)(=O)O. The molecule has 5 N–H and O–H groups in total. The van der Waals surface area contributed by atoms with E-state index >= 15 is 0 Å². The number of hydrogen-bond acceptors (Lipinski definition) is 11. The smallest absolute Gasteiger partial charge is 0.282 e. The lowest BCUT2D eigenvalue weighted by molar-refractivity contribution is 0.444. The first-order valence-electron chi connectivity index (χ1n) is 5.34. The molecular formula is C6H6O15S6. The lowest BCUT2D eigenvalue weighted by Gasteiger charge is -2.15. The topological polar surface area (TPSA) is 272 Å². The molecule has 1 rings (SSSR count). The Kier molecular flexibility index (Phi) is 6.15. The molecule has 15 nitrogen and oxygen atoms in total. The second-order valence-electron chi connectivity index (χ2n) is 4.27. The van der Waals surface area contributed by atoms with E-state index in [1.54, 1.807) is 0 Å². The zero-order chi connectivity index (χ0) is 21.8. The molecule has 0 aliphatic heterocycles. The Morgan fingerprint density at radius 1 is 0.556 bits per heavy atom. The molecule has 0 aliphatic carbocycles. The van der Waals surface area contributed by atoms with Gasteiger partial charge in [0.1, 0.15) is 19.6 Å². The van der Waals surface area contributed by atoms with Crippen molar-refractivity contribution in [2.45, 2.75) is 24.5 Å². The maximum absolute atomic E-state index is 11.5. The van der Waals surface area contributed by atoms with Gasteiger partial charge in [0.25, 0.3) is 40.5 Å². The summed E-state index contributed by atoms with van der Waals surface area (Å²) < 4.78 is 158. The quantitative estimate of drug-likeness (QED) is 0.216. The second-order valence-corrected chi connectivity index (χ2v) is 13.0. The molecule has 0 saturated carbocycles. The van der Waals surface area contributed by atoms with E-state index in [1.165, 1.54) is 0 Å². The standard InChI is InChI=1S/C6H6O15S6/c7-23(8,9)3-1-2(22-27(19,20)21)4(24(10,11)12)6(26(16,17)18)5(3)25(13,14)15/h1H,(H,7,8,9)(H,10,11,12)(H,13,14,15)(H,16,17,18)(H,19,20,21). The van der Waals surface area contributed by atoms with Gasteiger partial charge < -0.3 is 0 Å². The third kappa shape index (κ3) is 5.80. The van der Waals surface area contributed by atoms with Crippen molar-refractivity contribution in [1.29, 1.82) is 0 Å². The first kappa shape index (κ1) is 24.2. The summed E-state index contributed by atoms with van der Waals surface area (Å²) in [6, 6.07) is -0.297. The van der Waals surface area contributed by atoms with Crippen LogP contribution in [0.15, 0.2) is 30.5 Å². The van der Waals surface area contributed by atoms with Gasteiger partial charge in [-0.2, -0.15) is 42.1 Å². The first-order chi connectivity index (χ1) is 11.6. The molecule has 0 radical (unpaired) electrons. The van der Waals surface area contributed by atoms with Crippen LogP contribution in [0.2, 0.25) is 0 Å². The summed E-state index contributed by atoms with van der Waals surface area (Å²) >= 11 is 0. The van der Waals surface area contributed by atoms with Gasteiger partial charge in [0.2, 0.25) is 0 Å². The van der Waals surface area contributed by atoms with Crippen LogP contribution < -0.4 is 0 Å². The van der Waals surface area contributed by atoms with E-state index in [4.69, 9.17) is 22.8 Å². The summed E-state index contributed by atoms with van der Waals surface area (Å²) in [4.78, 5) is -10.9. The summed E-state index contributed by atoms with van der Waals surface area (Å²) in [5, 5.41) is 0. The van der Waals surface area contributed by atoms with E-state index in [1.807, 2.05) is 0 Å². The highest BCUT2D eigenvalue weighted by atomic mass is 33.1. The van der Waals surface area contributed by atoms with E-state index in [0.717, 1.165) is 0 Å². The predicted molar refractivity (Wildman–Crippen MR) is 83.1 cm³/mol. The molecule has 0 spiro atoms. The summed E-state index contributed by atoms with van der Waals surface area (Å²) in [7, 11) is -30.3. The molecule has 0 heterocycles. The minimum Gasteiger partial charge on any atom is -0.282 e. The minimum absolute atomic E-state index is 0.297. The summed E-state index contributed by atoms with van der Waals surface area (Å²) in [5.74, 6) is 0. The van der Waals surface area contributed by atoms with Crippen molar-refractivity contribution in [2.75, 3.05) is 0 Å². The minimum atomic E-state index is -6.13. The van der Waals surface area contributed by atoms with Crippen LogP contribution in [0.4, 0.5) is 0 Å². The van der Waals surface area contributed by atoms with Crippen LogP contribution in [0.1, 0.15) is 0 Å². The molecule has 1 aromatic carbocycles. The van der Waals surface area contributed by atoms with Crippen molar-refractivity contribution in [2.24, 2.45) is 0 Å². The monoisotopic (exact) mass is 510 g/mol. The molecular weight excluding hydrogens is 504 g/mol. The molecule has 0 aromatic heterocycles. The Balaban J connectivity index is 4.65. The molecule has 0 amide bonds. The average molecular weight is 511 g/mol. The van der Waals surface area contributed by atoms with E-state index in [9.17, 15) is 42.1 Å². The summed E-state index contributed by atoms with van der Waals surface area (Å²) in [6.07, 6.45) is 0. The predicted octanol–water partition coefficient (Wildman–Crippen LogP) is -1.43. The zero-order valence-electron chi connectivity index (χ0n) is 11.8. The van der Waals surface area contributed by atoms with Gasteiger partial charge in [0, 0.05) is 15.7 Å².